The molecular formula is C13H17FN2O3S. The van der Waals surface area contributed by atoms with E-state index in [1.165, 1.54) is 27.4 Å². The van der Waals surface area contributed by atoms with E-state index in [0.29, 0.717) is 12.8 Å². The molecule has 0 saturated carbocycles. The van der Waals surface area contributed by atoms with Gasteiger partial charge in [0.25, 0.3) is 0 Å². The highest BCUT2D eigenvalue weighted by Crippen LogP contribution is 2.27. The number of sulfonamides is 1. The Labute approximate surface area is 118 Å². The van der Waals surface area contributed by atoms with E-state index in [0.717, 1.165) is 6.07 Å². The van der Waals surface area contributed by atoms with Crippen LogP contribution in [0.5, 0.6) is 0 Å². The Morgan fingerprint density at radius 2 is 2.10 bits per heavy atom. The number of hydrogen-bond donors (Lipinski definition) is 0. The molecule has 0 aromatic heterocycles. The van der Waals surface area contributed by atoms with Crippen molar-refractivity contribution < 1.29 is 17.6 Å². The smallest absolute Gasteiger partial charge is 0.243 e. The van der Waals surface area contributed by atoms with Gasteiger partial charge in [-0.2, -0.15) is 4.31 Å². The molecule has 0 bridgehead atoms. The molecule has 1 aromatic rings. The fourth-order valence-corrected chi connectivity index (χ4v) is 4.02. The standard InChI is InChI=1S/C13H17FN2O3S/c1-15(2)13(17)12-7-4-8-16(12)20(18,19)11-6-3-5-10(14)9-11/h3,5-6,9,12H,4,7-8H2,1-2H3. The molecule has 110 valence electrons. The molecule has 1 unspecified atom stereocenters. The van der Waals surface area contributed by atoms with Crippen molar-refractivity contribution in [1.29, 1.82) is 0 Å². The molecule has 0 N–H and O–H groups in total. The van der Waals surface area contributed by atoms with Gasteiger partial charge in [0, 0.05) is 20.6 Å². The molecule has 7 heteroatoms. The van der Waals surface area contributed by atoms with Crippen molar-refractivity contribution in [3.05, 3.63) is 30.1 Å². The molecule has 1 aliphatic rings. The summed E-state index contributed by atoms with van der Waals surface area (Å²) in [5.74, 6) is -0.858. The van der Waals surface area contributed by atoms with E-state index in [1.807, 2.05) is 0 Å². The first kappa shape index (κ1) is 14.9. The Kier molecular flexibility index (Phi) is 4.10. The van der Waals surface area contributed by atoms with Crippen molar-refractivity contribution >= 4 is 15.9 Å². The first-order valence-electron chi connectivity index (χ1n) is 6.32. The van der Waals surface area contributed by atoms with Crippen LogP contribution in [0.3, 0.4) is 0 Å². The van der Waals surface area contributed by atoms with Crippen LogP contribution < -0.4 is 0 Å². The average Bonchev–Trinajstić information content (AvgIpc) is 2.87. The molecular weight excluding hydrogens is 283 g/mol. The largest absolute Gasteiger partial charge is 0.347 e. The van der Waals surface area contributed by atoms with Crippen LogP contribution in [0.25, 0.3) is 0 Å². The molecule has 1 aliphatic heterocycles. The van der Waals surface area contributed by atoms with Crippen molar-refractivity contribution in [2.75, 3.05) is 20.6 Å². The van der Waals surface area contributed by atoms with Gasteiger partial charge in [-0.05, 0) is 31.0 Å². The monoisotopic (exact) mass is 300 g/mol. The van der Waals surface area contributed by atoms with Crippen LogP contribution in [0.2, 0.25) is 0 Å². The van der Waals surface area contributed by atoms with E-state index >= 15 is 0 Å². The topological polar surface area (TPSA) is 57.7 Å². The van der Waals surface area contributed by atoms with Gasteiger partial charge in [0.1, 0.15) is 11.9 Å². The molecule has 0 aliphatic carbocycles. The predicted octanol–water partition coefficient (Wildman–Crippen LogP) is 1.07. The summed E-state index contributed by atoms with van der Waals surface area (Å²) in [5.41, 5.74) is 0. The maximum atomic E-state index is 13.2. The lowest BCUT2D eigenvalue weighted by atomic mass is 10.2. The van der Waals surface area contributed by atoms with Crippen molar-refractivity contribution in [3.63, 3.8) is 0 Å². The summed E-state index contributed by atoms with van der Waals surface area (Å²) in [5, 5.41) is 0. The Bertz CT molecular complexity index is 616. The van der Waals surface area contributed by atoms with Gasteiger partial charge < -0.3 is 4.90 Å². The number of halogens is 1. The highest BCUT2D eigenvalue weighted by molar-refractivity contribution is 7.89. The van der Waals surface area contributed by atoms with Crippen molar-refractivity contribution in [2.24, 2.45) is 0 Å². The van der Waals surface area contributed by atoms with E-state index in [9.17, 15) is 17.6 Å². The maximum absolute atomic E-state index is 13.2. The van der Waals surface area contributed by atoms with Crippen molar-refractivity contribution in [2.45, 2.75) is 23.8 Å². The molecule has 1 atom stereocenters. The van der Waals surface area contributed by atoms with Crippen LogP contribution in [-0.4, -0.2) is 50.2 Å². The van der Waals surface area contributed by atoms with Gasteiger partial charge in [0.15, 0.2) is 0 Å². The lowest BCUT2D eigenvalue weighted by Gasteiger charge is -2.25. The molecule has 0 spiro atoms. The van der Waals surface area contributed by atoms with E-state index in [1.54, 1.807) is 14.1 Å². The second-order valence-corrected chi connectivity index (χ2v) is 6.85. The quantitative estimate of drug-likeness (QED) is 0.839. The van der Waals surface area contributed by atoms with Gasteiger partial charge in [0.2, 0.25) is 15.9 Å². The third kappa shape index (κ3) is 2.69. The second-order valence-electron chi connectivity index (χ2n) is 4.96. The van der Waals surface area contributed by atoms with Crippen LogP contribution in [0.15, 0.2) is 29.2 Å². The van der Waals surface area contributed by atoms with E-state index in [4.69, 9.17) is 0 Å². The Balaban J connectivity index is 2.36. The van der Waals surface area contributed by atoms with Gasteiger partial charge in [-0.3, -0.25) is 4.79 Å². The molecule has 1 fully saturated rings. The van der Waals surface area contributed by atoms with E-state index < -0.39 is 21.9 Å². The molecule has 1 amide bonds. The van der Waals surface area contributed by atoms with E-state index in [2.05, 4.69) is 0 Å². The second kappa shape index (κ2) is 5.49. The molecule has 20 heavy (non-hydrogen) atoms. The number of likely N-dealkylation sites (N-methyl/N-ethyl adjacent to an activating group) is 1. The molecule has 2 rings (SSSR count). The van der Waals surface area contributed by atoms with Gasteiger partial charge in [-0.25, -0.2) is 12.8 Å². The molecule has 5 nitrogen and oxygen atoms in total. The Morgan fingerprint density at radius 1 is 1.40 bits per heavy atom. The summed E-state index contributed by atoms with van der Waals surface area (Å²) in [4.78, 5) is 13.3. The number of benzene rings is 1. The third-order valence-electron chi connectivity index (χ3n) is 3.33. The van der Waals surface area contributed by atoms with Crippen LogP contribution in [-0.2, 0) is 14.8 Å². The predicted molar refractivity (Wildman–Crippen MR) is 72.0 cm³/mol. The Hall–Kier alpha value is -1.47. The fourth-order valence-electron chi connectivity index (χ4n) is 2.34. The van der Waals surface area contributed by atoms with Gasteiger partial charge in [-0.15, -0.1) is 0 Å². The highest BCUT2D eigenvalue weighted by Gasteiger charge is 2.40. The maximum Gasteiger partial charge on any atom is 0.243 e. The fraction of sp³-hybridized carbons (Fsp3) is 0.462. The van der Waals surface area contributed by atoms with Gasteiger partial charge in [-0.1, -0.05) is 6.07 Å². The minimum absolute atomic E-state index is 0.115. The minimum Gasteiger partial charge on any atom is -0.347 e. The first-order valence-corrected chi connectivity index (χ1v) is 7.76. The van der Waals surface area contributed by atoms with Gasteiger partial charge >= 0.3 is 0 Å². The number of hydrogen-bond acceptors (Lipinski definition) is 3. The Morgan fingerprint density at radius 3 is 2.70 bits per heavy atom. The SMILES string of the molecule is CN(C)C(=O)C1CCCN1S(=O)(=O)c1cccc(F)c1. The average molecular weight is 300 g/mol. The van der Waals surface area contributed by atoms with Gasteiger partial charge in [0.05, 0.1) is 4.90 Å². The molecule has 0 radical (unpaired) electrons. The minimum atomic E-state index is -3.84. The van der Waals surface area contributed by atoms with E-state index in [-0.39, 0.29) is 17.3 Å². The molecule has 1 heterocycles. The zero-order chi connectivity index (χ0) is 14.9. The lowest BCUT2D eigenvalue weighted by molar-refractivity contribution is -0.132. The number of amides is 1. The highest BCUT2D eigenvalue weighted by atomic mass is 32.2. The van der Waals surface area contributed by atoms with Crippen LogP contribution in [0.1, 0.15) is 12.8 Å². The summed E-state index contributed by atoms with van der Waals surface area (Å²) in [6, 6.07) is 4.16. The summed E-state index contributed by atoms with van der Waals surface area (Å²) in [7, 11) is -0.661. The van der Waals surface area contributed by atoms with Crippen LogP contribution in [0, 0.1) is 5.82 Å². The molecule has 1 saturated heterocycles. The first-order chi connectivity index (χ1) is 9.34. The summed E-state index contributed by atoms with van der Waals surface area (Å²) < 4.78 is 39.4. The number of nitrogens with zero attached hydrogens (tertiary/aromatic N) is 2. The number of carbonyl (C=O) groups excluding carboxylic acids is 1. The number of rotatable bonds is 3. The van der Waals surface area contributed by atoms with Crippen LogP contribution >= 0.6 is 0 Å². The van der Waals surface area contributed by atoms with Crippen molar-refractivity contribution in [3.8, 4) is 0 Å². The number of carbonyl (C=O) groups is 1. The van der Waals surface area contributed by atoms with Crippen molar-refractivity contribution in [1.82, 2.24) is 9.21 Å². The lowest BCUT2D eigenvalue weighted by Crippen LogP contribution is -2.45. The summed E-state index contributed by atoms with van der Waals surface area (Å²) in [6.45, 7) is 0.281. The summed E-state index contributed by atoms with van der Waals surface area (Å²) >= 11 is 0. The zero-order valence-corrected chi connectivity index (χ0v) is 12.2. The molecule has 1 aromatic carbocycles. The third-order valence-corrected chi connectivity index (χ3v) is 5.24. The summed E-state index contributed by atoms with van der Waals surface area (Å²) in [6.07, 6.45) is 1.12. The normalized spacial score (nSPS) is 20.1. The zero-order valence-electron chi connectivity index (χ0n) is 11.4. The van der Waals surface area contributed by atoms with Crippen LogP contribution in [0.4, 0.5) is 4.39 Å².